The number of aromatic amines is 1. The highest BCUT2D eigenvalue weighted by Crippen LogP contribution is 2.37. The van der Waals surface area contributed by atoms with Crippen LogP contribution in [0.4, 0.5) is 0 Å². The van der Waals surface area contributed by atoms with E-state index in [1.807, 2.05) is 31.9 Å². The van der Waals surface area contributed by atoms with Crippen molar-refractivity contribution in [2.75, 3.05) is 26.7 Å². The number of aliphatic hydroxyl groups is 1. The second-order valence-electron chi connectivity index (χ2n) is 10.9. The van der Waals surface area contributed by atoms with Crippen LogP contribution in [-0.4, -0.2) is 79.7 Å². The molecule has 2 saturated heterocycles. The Morgan fingerprint density at radius 3 is 2.64 bits per heavy atom. The van der Waals surface area contributed by atoms with Crippen LogP contribution in [0.3, 0.4) is 0 Å². The molecule has 0 bridgehead atoms. The highest BCUT2D eigenvalue weighted by atomic mass is 16.5. The summed E-state index contributed by atoms with van der Waals surface area (Å²) in [7, 11) is 1.49. The summed E-state index contributed by atoms with van der Waals surface area (Å²) in [5.41, 5.74) is 2.52. The van der Waals surface area contributed by atoms with Gasteiger partial charge in [-0.3, -0.25) is 14.6 Å². The number of ether oxygens (including phenoxy) is 1. The van der Waals surface area contributed by atoms with Gasteiger partial charge in [-0.2, -0.15) is 0 Å². The molecule has 5 heterocycles. The summed E-state index contributed by atoms with van der Waals surface area (Å²) >= 11 is 0. The molecule has 0 saturated carbocycles. The van der Waals surface area contributed by atoms with Crippen LogP contribution >= 0.6 is 0 Å². The highest BCUT2D eigenvalue weighted by Gasteiger charge is 2.42. The van der Waals surface area contributed by atoms with E-state index in [-0.39, 0.29) is 24.3 Å². The summed E-state index contributed by atoms with van der Waals surface area (Å²) in [4.78, 5) is 42.7. The molecule has 5 rings (SSSR count). The SMILES string of the molecule is COc1cc(C(C(=O)N2C[C@H](O)C[C@H]2c2nc(C(=O)N3CCC(c4ccc(C)cn4)CC3)c[nH]2)C(C)C)on1. The van der Waals surface area contributed by atoms with Crippen LogP contribution in [0.2, 0.25) is 0 Å². The third-order valence-corrected chi connectivity index (χ3v) is 7.78. The second kappa shape index (κ2) is 11.2. The van der Waals surface area contributed by atoms with Gasteiger partial charge in [0, 0.05) is 56.1 Å². The minimum atomic E-state index is -0.699. The van der Waals surface area contributed by atoms with Crippen LogP contribution in [0.5, 0.6) is 5.88 Å². The number of β-amino-alcohol motifs (C(OH)–C–C–N with tert-alkyl or cyclic N) is 1. The van der Waals surface area contributed by atoms with Crippen molar-refractivity contribution in [2.24, 2.45) is 5.92 Å². The zero-order valence-corrected chi connectivity index (χ0v) is 22.8. The molecule has 3 atom stereocenters. The maximum absolute atomic E-state index is 13.7. The molecule has 3 aromatic rings. The Morgan fingerprint density at radius 1 is 1.23 bits per heavy atom. The van der Waals surface area contributed by atoms with Crippen LogP contribution in [0, 0.1) is 12.8 Å². The average molecular weight is 537 g/mol. The Balaban J connectivity index is 1.27. The molecule has 1 unspecified atom stereocenters. The molecule has 2 aliphatic heterocycles. The number of aliphatic hydroxyl groups excluding tert-OH is 1. The summed E-state index contributed by atoms with van der Waals surface area (Å²) in [6.45, 7) is 7.31. The van der Waals surface area contributed by atoms with Crippen LogP contribution in [0.15, 0.2) is 35.1 Å². The predicted octanol–water partition coefficient (Wildman–Crippen LogP) is 3.20. The number of H-pyrrole nitrogens is 1. The molecule has 0 aromatic carbocycles. The summed E-state index contributed by atoms with van der Waals surface area (Å²) in [5.74, 6) is 0.512. The van der Waals surface area contributed by atoms with Crippen LogP contribution in [-0.2, 0) is 4.79 Å². The van der Waals surface area contributed by atoms with Crippen molar-refractivity contribution in [1.82, 2.24) is 29.9 Å². The Bertz CT molecular complexity index is 1290. The lowest BCUT2D eigenvalue weighted by Gasteiger charge is -2.31. The number of likely N-dealkylation sites (tertiary alicyclic amines) is 2. The quantitative estimate of drug-likeness (QED) is 0.470. The molecular weight excluding hydrogens is 500 g/mol. The Kier molecular flexibility index (Phi) is 7.69. The smallest absolute Gasteiger partial charge is 0.274 e. The molecule has 11 nitrogen and oxygen atoms in total. The predicted molar refractivity (Wildman–Crippen MR) is 141 cm³/mol. The van der Waals surface area contributed by atoms with Gasteiger partial charge >= 0.3 is 0 Å². The number of rotatable bonds is 7. The van der Waals surface area contributed by atoms with Gasteiger partial charge in [-0.1, -0.05) is 19.9 Å². The first-order chi connectivity index (χ1) is 18.7. The van der Waals surface area contributed by atoms with E-state index >= 15 is 0 Å². The Hall–Kier alpha value is -3.73. The van der Waals surface area contributed by atoms with Gasteiger partial charge in [-0.25, -0.2) is 4.98 Å². The molecule has 0 radical (unpaired) electrons. The molecule has 2 fully saturated rings. The van der Waals surface area contributed by atoms with Crippen molar-refractivity contribution in [3.8, 4) is 5.88 Å². The van der Waals surface area contributed by atoms with Gasteiger partial charge in [-0.15, -0.1) is 0 Å². The van der Waals surface area contributed by atoms with Gasteiger partial charge in [0.25, 0.3) is 11.8 Å². The molecule has 0 spiro atoms. The van der Waals surface area contributed by atoms with E-state index in [1.54, 1.807) is 17.2 Å². The number of nitrogens with one attached hydrogen (secondary N) is 1. The number of carbonyl (C=O) groups is 2. The largest absolute Gasteiger partial charge is 0.479 e. The van der Waals surface area contributed by atoms with E-state index in [2.05, 4.69) is 32.2 Å². The van der Waals surface area contributed by atoms with Gasteiger partial charge in [0.1, 0.15) is 17.4 Å². The second-order valence-corrected chi connectivity index (χ2v) is 10.9. The van der Waals surface area contributed by atoms with Crippen molar-refractivity contribution in [2.45, 2.75) is 64.0 Å². The summed E-state index contributed by atoms with van der Waals surface area (Å²) in [5, 5.41) is 14.3. The van der Waals surface area contributed by atoms with Gasteiger partial charge in [0.15, 0.2) is 5.76 Å². The molecular formula is C28H36N6O5. The van der Waals surface area contributed by atoms with Crippen LogP contribution in [0.1, 0.15) is 84.3 Å². The molecule has 208 valence electrons. The Morgan fingerprint density at radius 2 is 2.00 bits per heavy atom. The lowest BCUT2D eigenvalue weighted by molar-refractivity contribution is -0.135. The number of aromatic nitrogens is 4. The monoisotopic (exact) mass is 536 g/mol. The van der Waals surface area contributed by atoms with Crippen molar-refractivity contribution in [3.05, 3.63) is 59.1 Å². The number of aryl methyl sites for hydroxylation is 1. The van der Waals surface area contributed by atoms with Crippen LogP contribution < -0.4 is 4.74 Å². The van der Waals surface area contributed by atoms with Gasteiger partial charge in [0.2, 0.25) is 5.91 Å². The van der Waals surface area contributed by atoms with E-state index in [9.17, 15) is 14.7 Å². The summed E-state index contributed by atoms with van der Waals surface area (Å²) < 4.78 is 10.5. The number of carbonyl (C=O) groups excluding carboxylic acids is 2. The molecule has 0 aliphatic carbocycles. The molecule has 3 aromatic heterocycles. The molecule has 2 N–H and O–H groups in total. The highest BCUT2D eigenvalue weighted by molar-refractivity contribution is 5.92. The number of pyridine rings is 1. The number of methoxy groups -OCH3 is 1. The third-order valence-electron chi connectivity index (χ3n) is 7.78. The van der Waals surface area contributed by atoms with Crippen molar-refractivity contribution < 1.29 is 24.0 Å². The fourth-order valence-corrected chi connectivity index (χ4v) is 5.62. The van der Waals surface area contributed by atoms with E-state index < -0.39 is 18.1 Å². The standard InChI is InChI=1S/C28H36N6O5/c1-16(2)25(23-12-24(38-4)32-39-23)28(37)34-15-19(35)11-22(34)26-30-14-21(31-26)27(36)33-9-7-18(8-10-33)20-6-5-17(3)13-29-20/h5-6,12-14,16,18-19,22,25,35H,7-11,15H2,1-4H3,(H,30,31)/t19-,22+,25?/m1/s1. The van der Waals surface area contributed by atoms with E-state index in [1.165, 1.54) is 7.11 Å². The average Bonchev–Trinajstić information content (AvgIpc) is 3.68. The van der Waals surface area contributed by atoms with Crippen LogP contribution in [0.25, 0.3) is 0 Å². The van der Waals surface area contributed by atoms with E-state index in [0.717, 1.165) is 24.1 Å². The lowest BCUT2D eigenvalue weighted by atomic mass is 9.91. The Labute approximate surface area is 227 Å². The number of nitrogens with zero attached hydrogens (tertiary/aromatic N) is 5. The molecule has 39 heavy (non-hydrogen) atoms. The summed E-state index contributed by atoms with van der Waals surface area (Å²) in [6.07, 6.45) is 4.80. The zero-order chi connectivity index (χ0) is 27.7. The van der Waals surface area contributed by atoms with E-state index in [4.69, 9.17) is 9.26 Å². The first-order valence-corrected chi connectivity index (χ1v) is 13.5. The fraction of sp³-hybridized carbons (Fsp3) is 0.536. The van der Waals surface area contributed by atoms with Crippen molar-refractivity contribution in [3.63, 3.8) is 0 Å². The minimum Gasteiger partial charge on any atom is -0.479 e. The lowest BCUT2D eigenvalue weighted by Crippen LogP contribution is -2.38. The number of piperidine rings is 1. The minimum absolute atomic E-state index is 0.0830. The topological polar surface area (TPSA) is 138 Å². The van der Waals surface area contributed by atoms with Gasteiger partial charge in [-0.05, 0) is 42.5 Å². The van der Waals surface area contributed by atoms with Gasteiger partial charge < -0.3 is 29.2 Å². The van der Waals surface area contributed by atoms with Crippen molar-refractivity contribution >= 4 is 11.8 Å². The zero-order valence-electron chi connectivity index (χ0n) is 22.8. The first kappa shape index (κ1) is 26.9. The van der Waals surface area contributed by atoms with E-state index in [0.29, 0.717) is 48.6 Å². The first-order valence-electron chi connectivity index (χ1n) is 13.5. The number of amides is 2. The maximum atomic E-state index is 13.7. The third kappa shape index (κ3) is 5.54. The molecule has 11 heteroatoms. The fourth-order valence-electron chi connectivity index (χ4n) is 5.62. The maximum Gasteiger partial charge on any atom is 0.274 e. The molecule has 2 aliphatic rings. The number of imidazole rings is 1. The summed E-state index contributed by atoms with van der Waals surface area (Å²) in [6, 6.07) is 5.28. The number of hydrogen-bond donors (Lipinski definition) is 2. The number of hydrogen-bond acceptors (Lipinski definition) is 8. The van der Waals surface area contributed by atoms with Crippen molar-refractivity contribution in [1.29, 1.82) is 0 Å². The van der Waals surface area contributed by atoms with Gasteiger partial charge in [0.05, 0.1) is 19.3 Å². The molecule has 2 amide bonds. The normalized spacial score (nSPS) is 21.0.